The summed E-state index contributed by atoms with van der Waals surface area (Å²) in [4.78, 5) is 17.6. The topological polar surface area (TPSA) is 34.4 Å². The average Bonchev–Trinajstić information content (AvgIpc) is 2.97. The molecule has 0 aliphatic rings. The fourth-order valence-corrected chi connectivity index (χ4v) is 3.99. The molecule has 4 aromatic rings. The van der Waals surface area contributed by atoms with Crippen molar-refractivity contribution < 1.29 is 9.18 Å². The number of hydrogen-bond acceptors (Lipinski definition) is 2. The van der Waals surface area contributed by atoms with Crippen LogP contribution in [0.1, 0.15) is 10.4 Å². The minimum absolute atomic E-state index is 0.257. The summed E-state index contributed by atoms with van der Waals surface area (Å²) < 4.78 is 16.0. The molecule has 5 heteroatoms. The lowest BCUT2D eigenvalue weighted by Crippen LogP contribution is -2.16. The van der Waals surface area contributed by atoms with Crippen molar-refractivity contribution in [3.05, 3.63) is 76.8 Å². The van der Waals surface area contributed by atoms with Crippen molar-refractivity contribution in [2.24, 2.45) is 4.99 Å². The van der Waals surface area contributed by atoms with Crippen LogP contribution in [0.5, 0.6) is 0 Å². The number of halogens is 1. The number of carbonyl (C=O) groups excluding carboxylic acids is 1. The monoisotopic (exact) mass is 360 g/mol. The molecule has 0 saturated carbocycles. The summed E-state index contributed by atoms with van der Waals surface area (Å²) in [7, 11) is 0. The molecule has 0 aliphatic carbocycles. The van der Waals surface area contributed by atoms with E-state index in [-0.39, 0.29) is 18.3 Å². The Bertz CT molecular complexity index is 1260. The first kappa shape index (κ1) is 16.2. The van der Waals surface area contributed by atoms with Gasteiger partial charge in [-0.25, -0.2) is 4.39 Å². The molecule has 3 nitrogen and oxygen atoms in total. The van der Waals surface area contributed by atoms with Gasteiger partial charge >= 0.3 is 0 Å². The van der Waals surface area contributed by atoms with E-state index < -0.39 is 0 Å². The highest BCUT2D eigenvalue weighted by Gasteiger charge is 2.11. The van der Waals surface area contributed by atoms with Crippen molar-refractivity contribution >= 4 is 38.2 Å². The highest BCUT2D eigenvalue weighted by Crippen LogP contribution is 2.21. The van der Waals surface area contributed by atoms with Crippen LogP contribution < -0.4 is 4.80 Å². The number of thiazole rings is 1. The number of carbonyl (C=O) groups is 1. The van der Waals surface area contributed by atoms with Gasteiger partial charge in [-0.3, -0.25) is 4.79 Å². The number of benzene rings is 3. The van der Waals surface area contributed by atoms with E-state index in [0.29, 0.717) is 15.1 Å². The zero-order valence-electron chi connectivity index (χ0n) is 13.6. The second-order valence-electron chi connectivity index (χ2n) is 5.73. The van der Waals surface area contributed by atoms with E-state index in [1.807, 2.05) is 36.4 Å². The molecule has 1 aromatic heterocycles. The van der Waals surface area contributed by atoms with Crippen LogP contribution in [0.4, 0.5) is 4.39 Å². The van der Waals surface area contributed by atoms with Gasteiger partial charge in [0.1, 0.15) is 5.82 Å². The molecule has 0 atom stereocenters. The minimum atomic E-state index is -0.348. The van der Waals surface area contributed by atoms with Gasteiger partial charge < -0.3 is 4.57 Å². The summed E-state index contributed by atoms with van der Waals surface area (Å²) in [5, 5.41) is 1.82. The number of terminal acetylenes is 1. The van der Waals surface area contributed by atoms with Crippen molar-refractivity contribution in [2.75, 3.05) is 0 Å². The first-order chi connectivity index (χ1) is 12.7. The van der Waals surface area contributed by atoms with Crippen molar-refractivity contribution in [2.45, 2.75) is 6.54 Å². The summed E-state index contributed by atoms with van der Waals surface area (Å²) >= 11 is 1.25. The van der Waals surface area contributed by atoms with Crippen molar-refractivity contribution in [3.63, 3.8) is 0 Å². The largest absolute Gasteiger partial charge is 0.305 e. The molecular weight excluding hydrogens is 347 g/mol. The Balaban J connectivity index is 1.91. The summed E-state index contributed by atoms with van der Waals surface area (Å²) in [6.45, 7) is 0.257. The van der Waals surface area contributed by atoms with Crippen molar-refractivity contribution in [1.29, 1.82) is 0 Å². The molecule has 0 radical (unpaired) electrons. The summed E-state index contributed by atoms with van der Waals surface area (Å²) in [6.07, 6.45) is 5.46. The number of amides is 1. The third kappa shape index (κ3) is 2.81. The zero-order chi connectivity index (χ0) is 18.1. The maximum Gasteiger partial charge on any atom is 0.280 e. The average molecular weight is 360 g/mol. The van der Waals surface area contributed by atoms with Gasteiger partial charge in [-0.15, -0.1) is 6.42 Å². The zero-order valence-corrected chi connectivity index (χ0v) is 14.5. The van der Waals surface area contributed by atoms with E-state index in [4.69, 9.17) is 6.42 Å². The van der Waals surface area contributed by atoms with E-state index in [9.17, 15) is 9.18 Å². The number of hydrogen-bond donors (Lipinski definition) is 0. The van der Waals surface area contributed by atoms with Gasteiger partial charge in [0, 0.05) is 5.56 Å². The van der Waals surface area contributed by atoms with Gasteiger partial charge in [-0.1, -0.05) is 53.7 Å². The first-order valence-electron chi connectivity index (χ1n) is 7.96. The molecule has 0 saturated heterocycles. The van der Waals surface area contributed by atoms with Crippen LogP contribution in [-0.2, 0) is 6.54 Å². The number of nitrogens with zero attached hydrogens (tertiary/aromatic N) is 2. The van der Waals surface area contributed by atoms with Gasteiger partial charge in [0.15, 0.2) is 4.80 Å². The lowest BCUT2D eigenvalue weighted by Gasteiger charge is -2.03. The molecule has 1 amide bonds. The van der Waals surface area contributed by atoms with Crippen LogP contribution in [-0.4, -0.2) is 10.5 Å². The lowest BCUT2D eigenvalue weighted by atomic mass is 10.0. The van der Waals surface area contributed by atoms with Gasteiger partial charge in [0.25, 0.3) is 5.91 Å². The quantitative estimate of drug-likeness (QED) is 0.489. The SMILES string of the molecule is C#CCn1c(=NC(=O)c2cccc3ccccc23)sc2cc(F)ccc21. The number of aromatic nitrogens is 1. The third-order valence-corrected chi connectivity index (χ3v) is 5.15. The first-order valence-corrected chi connectivity index (χ1v) is 8.78. The van der Waals surface area contributed by atoms with E-state index >= 15 is 0 Å². The number of rotatable bonds is 2. The normalized spacial score (nSPS) is 11.8. The highest BCUT2D eigenvalue weighted by atomic mass is 32.1. The summed E-state index contributed by atoms with van der Waals surface area (Å²) in [6, 6.07) is 17.7. The Morgan fingerprint density at radius 3 is 2.81 bits per heavy atom. The Labute approximate surface area is 153 Å². The molecular formula is C21H13FN2OS. The molecule has 4 rings (SSSR count). The maximum absolute atomic E-state index is 13.5. The fraction of sp³-hybridized carbons (Fsp3) is 0.0476. The van der Waals surface area contributed by atoms with Crippen LogP contribution in [0.3, 0.4) is 0 Å². The molecule has 0 aliphatic heterocycles. The van der Waals surface area contributed by atoms with Gasteiger partial charge in [-0.2, -0.15) is 4.99 Å². The molecule has 0 fully saturated rings. The summed E-state index contributed by atoms with van der Waals surface area (Å²) in [5.41, 5.74) is 1.29. The Morgan fingerprint density at radius 2 is 1.96 bits per heavy atom. The summed E-state index contributed by atoms with van der Waals surface area (Å²) in [5.74, 6) is 1.88. The molecule has 3 aromatic carbocycles. The minimum Gasteiger partial charge on any atom is -0.305 e. The maximum atomic E-state index is 13.5. The van der Waals surface area contributed by atoms with Gasteiger partial charge in [0.05, 0.1) is 16.8 Å². The Morgan fingerprint density at radius 1 is 1.15 bits per heavy atom. The molecule has 1 heterocycles. The predicted octanol–water partition coefficient (Wildman–Crippen LogP) is 4.37. The van der Waals surface area contributed by atoms with Crippen LogP contribution in [0, 0.1) is 18.2 Å². The molecule has 0 bridgehead atoms. The van der Waals surface area contributed by atoms with Gasteiger partial charge in [-0.05, 0) is 35.0 Å². The Hall–Kier alpha value is -3.23. The molecule has 126 valence electrons. The Kier molecular flexibility index (Phi) is 4.11. The third-order valence-electron chi connectivity index (χ3n) is 4.11. The second kappa shape index (κ2) is 6.58. The standard InChI is InChI=1S/C21H13FN2OS/c1-2-12-24-18-11-10-15(22)13-19(18)26-21(24)23-20(25)17-9-5-7-14-6-3-4-8-16(14)17/h1,3-11,13H,12H2. The van der Waals surface area contributed by atoms with Crippen LogP contribution in [0.25, 0.3) is 21.0 Å². The van der Waals surface area contributed by atoms with Crippen LogP contribution in [0.15, 0.2) is 65.7 Å². The fourth-order valence-electron chi connectivity index (χ4n) is 2.94. The van der Waals surface area contributed by atoms with E-state index in [1.54, 1.807) is 16.7 Å². The van der Waals surface area contributed by atoms with Crippen LogP contribution >= 0.6 is 11.3 Å². The highest BCUT2D eigenvalue weighted by molar-refractivity contribution is 7.16. The molecule has 26 heavy (non-hydrogen) atoms. The molecule has 0 unspecified atom stereocenters. The van der Waals surface area contributed by atoms with Crippen molar-refractivity contribution in [3.8, 4) is 12.3 Å². The molecule has 0 N–H and O–H groups in total. The molecule has 0 spiro atoms. The second-order valence-corrected chi connectivity index (χ2v) is 6.74. The van der Waals surface area contributed by atoms with Crippen LogP contribution in [0.2, 0.25) is 0 Å². The number of fused-ring (bicyclic) bond motifs is 2. The predicted molar refractivity (Wildman–Crippen MR) is 102 cm³/mol. The van der Waals surface area contributed by atoms with E-state index in [2.05, 4.69) is 10.9 Å². The lowest BCUT2D eigenvalue weighted by molar-refractivity contribution is 0.0999. The van der Waals surface area contributed by atoms with Gasteiger partial charge in [0.2, 0.25) is 0 Å². The van der Waals surface area contributed by atoms with E-state index in [1.165, 1.54) is 23.5 Å². The van der Waals surface area contributed by atoms with E-state index in [0.717, 1.165) is 16.3 Å². The smallest absolute Gasteiger partial charge is 0.280 e. The van der Waals surface area contributed by atoms with Crippen molar-refractivity contribution in [1.82, 2.24) is 4.57 Å².